The minimum absolute atomic E-state index is 0.512. The van der Waals surface area contributed by atoms with E-state index in [0.29, 0.717) is 11.2 Å². The van der Waals surface area contributed by atoms with Crippen molar-refractivity contribution in [3.05, 3.63) is 6.20 Å². The highest BCUT2D eigenvalue weighted by molar-refractivity contribution is 5.19. The van der Waals surface area contributed by atoms with Crippen molar-refractivity contribution >= 4 is 5.82 Å². The second kappa shape index (κ2) is 3.01. The molecular formula is C9H16N4. The lowest BCUT2D eigenvalue weighted by molar-refractivity contribution is 0.429. The zero-order chi connectivity index (χ0) is 9.31. The van der Waals surface area contributed by atoms with Gasteiger partial charge in [-0.1, -0.05) is 6.92 Å². The smallest absolute Gasteiger partial charge is 0.165 e. The topological polar surface area (TPSA) is 56.7 Å². The van der Waals surface area contributed by atoms with Crippen molar-refractivity contribution in [2.24, 2.45) is 5.41 Å². The lowest BCUT2D eigenvalue weighted by atomic mass is 10.0. The summed E-state index contributed by atoms with van der Waals surface area (Å²) in [5, 5.41) is 8.07. The summed E-state index contributed by atoms with van der Waals surface area (Å²) in [4.78, 5) is 1.68. The highest BCUT2D eigenvalue weighted by atomic mass is 15.5. The molecule has 0 radical (unpaired) electrons. The highest BCUT2D eigenvalue weighted by Crippen LogP contribution is 2.48. The van der Waals surface area contributed by atoms with Crippen LogP contribution < -0.4 is 5.73 Å². The quantitative estimate of drug-likeness (QED) is 0.762. The zero-order valence-corrected chi connectivity index (χ0v) is 8.03. The molecule has 1 aliphatic carbocycles. The van der Waals surface area contributed by atoms with Crippen molar-refractivity contribution < 1.29 is 0 Å². The lowest BCUT2D eigenvalue weighted by Crippen LogP contribution is -2.05. The number of hydrogen-bond acceptors (Lipinski definition) is 3. The molecule has 72 valence electrons. The largest absolute Gasteiger partial charge is 0.381 e. The fourth-order valence-electron chi connectivity index (χ4n) is 1.53. The maximum Gasteiger partial charge on any atom is 0.165 e. The van der Waals surface area contributed by atoms with Crippen LogP contribution in [0.15, 0.2) is 6.20 Å². The monoisotopic (exact) mass is 180 g/mol. The number of nitrogens with two attached hydrogens (primary N) is 1. The summed E-state index contributed by atoms with van der Waals surface area (Å²) in [6.45, 7) is 3.24. The molecular weight excluding hydrogens is 164 g/mol. The van der Waals surface area contributed by atoms with Crippen LogP contribution in [-0.4, -0.2) is 15.0 Å². The van der Waals surface area contributed by atoms with Gasteiger partial charge in [0.15, 0.2) is 5.82 Å². The summed E-state index contributed by atoms with van der Waals surface area (Å²) in [5.41, 5.74) is 6.09. The summed E-state index contributed by atoms with van der Waals surface area (Å²) in [6, 6.07) is 0. The molecule has 0 aromatic carbocycles. The summed E-state index contributed by atoms with van der Waals surface area (Å²) in [5.74, 6) is 0.512. The molecule has 13 heavy (non-hydrogen) atoms. The molecule has 2 N–H and O–H groups in total. The molecule has 0 unspecified atom stereocenters. The SMILES string of the molecule is CC1(CCCn2ncc(N)n2)CC1. The van der Waals surface area contributed by atoms with E-state index in [1.54, 1.807) is 11.0 Å². The second-order valence-electron chi connectivity index (χ2n) is 4.28. The van der Waals surface area contributed by atoms with Crippen molar-refractivity contribution in [3.8, 4) is 0 Å². The third-order valence-corrected chi connectivity index (χ3v) is 2.80. The fourth-order valence-corrected chi connectivity index (χ4v) is 1.53. The number of aromatic nitrogens is 3. The highest BCUT2D eigenvalue weighted by Gasteiger charge is 2.36. The molecule has 4 nitrogen and oxygen atoms in total. The summed E-state index contributed by atoms with van der Waals surface area (Å²) in [7, 11) is 0. The van der Waals surface area contributed by atoms with E-state index in [2.05, 4.69) is 17.1 Å². The second-order valence-corrected chi connectivity index (χ2v) is 4.28. The van der Waals surface area contributed by atoms with E-state index in [1.807, 2.05) is 0 Å². The average molecular weight is 180 g/mol. The molecule has 0 spiro atoms. The van der Waals surface area contributed by atoms with Crippen LogP contribution in [0.4, 0.5) is 5.82 Å². The minimum atomic E-state index is 0.512. The van der Waals surface area contributed by atoms with Gasteiger partial charge >= 0.3 is 0 Å². The van der Waals surface area contributed by atoms with Gasteiger partial charge in [0.25, 0.3) is 0 Å². The fraction of sp³-hybridized carbons (Fsp3) is 0.778. The summed E-state index contributed by atoms with van der Waals surface area (Å²) >= 11 is 0. The lowest BCUT2D eigenvalue weighted by Gasteiger charge is -2.06. The number of nitrogens with zero attached hydrogens (tertiary/aromatic N) is 3. The van der Waals surface area contributed by atoms with Gasteiger partial charge in [0, 0.05) is 0 Å². The van der Waals surface area contributed by atoms with Crippen molar-refractivity contribution in [3.63, 3.8) is 0 Å². The van der Waals surface area contributed by atoms with Crippen LogP contribution in [0.2, 0.25) is 0 Å². The van der Waals surface area contributed by atoms with Crippen LogP contribution in [0.3, 0.4) is 0 Å². The van der Waals surface area contributed by atoms with E-state index in [-0.39, 0.29) is 0 Å². The first kappa shape index (κ1) is 8.53. The predicted molar refractivity (Wildman–Crippen MR) is 51.0 cm³/mol. The van der Waals surface area contributed by atoms with E-state index < -0.39 is 0 Å². The maximum absolute atomic E-state index is 5.45. The Morgan fingerprint density at radius 1 is 1.62 bits per heavy atom. The van der Waals surface area contributed by atoms with Crippen molar-refractivity contribution in [1.29, 1.82) is 0 Å². The van der Waals surface area contributed by atoms with Crippen LogP contribution in [0.5, 0.6) is 0 Å². The number of rotatable bonds is 4. The van der Waals surface area contributed by atoms with Gasteiger partial charge in [-0.2, -0.15) is 9.90 Å². The van der Waals surface area contributed by atoms with Crippen LogP contribution in [-0.2, 0) is 6.54 Å². The van der Waals surface area contributed by atoms with Gasteiger partial charge in [0.2, 0.25) is 0 Å². The van der Waals surface area contributed by atoms with Crippen LogP contribution >= 0.6 is 0 Å². The molecule has 0 saturated heterocycles. The molecule has 0 bridgehead atoms. The molecule has 0 atom stereocenters. The molecule has 1 aliphatic rings. The first-order valence-corrected chi connectivity index (χ1v) is 4.84. The molecule has 1 aromatic rings. The van der Waals surface area contributed by atoms with Gasteiger partial charge in [0.1, 0.15) is 0 Å². The van der Waals surface area contributed by atoms with Crippen molar-refractivity contribution in [2.45, 2.75) is 39.2 Å². The average Bonchev–Trinajstić information content (AvgIpc) is 2.65. The number of hydrogen-bond donors (Lipinski definition) is 1. The minimum Gasteiger partial charge on any atom is -0.381 e. The Morgan fingerprint density at radius 2 is 2.38 bits per heavy atom. The predicted octanol–water partition coefficient (Wildman–Crippen LogP) is 1.44. The first-order chi connectivity index (χ1) is 6.18. The van der Waals surface area contributed by atoms with Crippen LogP contribution in [0.25, 0.3) is 0 Å². The van der Waals surface area contributed by atoms with E-state index in [0.717, 1.165) is 13.0 Å². The summed E-state index contributed by atoms with van der Waals surface area (Å²) < 4.78 is 0. The molecule has 1 fully saturated rings. The Hall–Kier alpha value is -1.06. The third-order valence-electron chi connectivity index (χ3n) is 2.80. The zero-order valence-electron chi connectivity index (χ0n) is 8.03. The Balaban J connectivity index is 1.73. The maximum atomic E-state index is 5.45. The Labute approximate surface area is 78.1 Å². The van der Waals surface area contributed by atoms with E-state index >= 15 is 0 Å². The molecule has 0 aliphatic heterocycles. The number of nitrogen functional groups attached to an aromatic ring is 1. The van der Waals surface area contributed by atoms with Crippen molar-refractivity contribution in [1.82, 2.24) is 15.0 Å². The number of anilines is 1. The first-order valence-electron chi connectivity index (χ1n) is 4.84. The van der Waals surface area contributed by atoms with Crippen LogP contribution in [0, 0.1) is 5.41 Å². The van der Waals surface area contributed by atoms with Gasteiger partial charge in [-0.25, -0.2) is 0 Å². The van der Waals surface area contributed by atoms with Gasteiger partial charge in [-0.05, 0) is 31.1 Å². The Morgan fingerprint density at radius 3 is 2.92 bits per heavy atom. The Bertz CT molecular complexity index is 288. The van der Waals surface area contributed by atoms with Crippen molar-refractivity contribution in [2.75, 3.05) is 5.73 Å². The van der Waals surface area contributed by atoms with E-state index in [1.165, 1.54) is 19.3 Å². The van der Waals surface area contributed by atoms with Gasteiger partial charge < -0.3 is 5.73 Å². The van der Waals surface area contributed by atoms with E-state index in [9.17, 15) is 0 Å². The van der Waals surface area contributed by atoms with Gasteiger partial charge in [0.05, 0.1) is 12.7 Å². The normalized spacial score (nSPS) is 18.8. The molecule has 0 amide bonds. The molecule has 1 heterocycles. The third kappa shape index (κ3) is 2.20. The molecule has 1 saturated carbocycles. The molecule has 2 rings (SSSR count). The molecule has 1 aromatic heterocycles. The van der Waals surface area contributed by atoms with Gasteiger partial charge in [-0.15, -0.1) is 5.10 Å². The van der Waals surface area contributed by atoms with Gasteiger partial charge in [-0.3, -0.25) is 0 Å². The number of aryl methyl sites for hydroxylation is 1. The molecule has 4 heteroatoms. The standard InChI is InChI=1S/C9H16N4/c1-9(4-5-9)3-2-6-13-11-7-8(10)12-13/h7H,2-6H2,1H3,(H2,10,12). The summed E-state index contributed by atoms with van der Waals surface area (Å²) in [6.07, 6.45) is 6.82. The Kier molecular flexibility index (Phi) is 1.98. The van der Waals surface area contributed by atoms with Crippen LogP contribution in [0.1, 0.15) is 32.6 Å². The van der Waals surface area contributed by atoms with E-state index in [4.69, 9.17) is 5.73 Å².